The number of ether oxygens (including phenoxy) is 2. The Morgan fingerprint density at radius 1 is 0.914 bits per heavy atom. The molecule has 0 saturated heterocycles. The van der Waals surface area contributed by atoms with Gasteiger partial charge in [0.1, 0.15) is 16.3 Å². The minimum atomic E-state index is -0.772. The van der Waals surface area contributed by atoms with Crippen LogP contribution in [0.15, 0.2) is 88.7 Å². The van der Waals surface area contributed by atoms with Gasteiger partial charge in [-0.1, -0.05) is 70.5 Å². The zero-order valence-electron chi connectivity index (χ0n) is 19.3. The second-order valence-corrected chi connectivity index (χ2v) is 9.52. The molecule has 0 saturated carbocycles. The molecule has 0 spiro atoms. The number of benzene rings is 3. The van der Waals surface area contributed by atoms with E-state index in [1.165, 1.54) is 11.3 Å². The first-order valence-corrected chi connectivity index (χ1v) is 12.8. The molecule has 4 rings (SSSR count). The van der Waals surface area contributed by atoms with Crippen molar-refractivity contribution in [2.45, 2.75) is 20.0 Å². The lowest BCUT2D eigenvalue weighted by atomic mass is 10.0. The number of esters is 1. The van der Waals surface area contributed by atoms with Gasteiger partial charge in [0.2, 0.25) is 0 Å². The minimum absolute atomic E-state index is 0.236. The van der Waals surface area contributed by atoms with Gasteiger partial charge in [-0.25, -0.2) is 4.79 Å². The van der Waals surface area contributed by atoms with E-state index in [0.29, 0.717) is 21.9 Å². The van der Waals surface area contributed by atoms with E-state index < -0.39 is 12.1 Å². The first-order valence-electron chi connectivity index (χ1n) is 11.1. The van der Waals surface area contributed by atoms with Crippen molar-refractivity contribution in [2.24, 2.45) is 0 Å². The molecule has 0 radical (unpaired) electrons. The van der Waals surface area contributed by atoms with E-state index in [2.05, 4.69) is 21.2 Å². The second-order valence-electron chi connectivity index (χ2n) is 7.72. The van der Waals surface area contributed by atoms with Crippen LogP contribution in [0, 0.1) is 0 Å². The first kappa shape index (κ1) is 24.7. The molecular formula is C28H24BrNO4S. The molecule has 1 aromatic heterocycles. The molecular weight excluding hydrogens is 526 g/mol. The van der Waals surface area contributed by atoms with Crippen molar-refractivity contribution in [1.29, 1.82) is 0 Å². The Kier molecular flexibility index (Phi) is 8.00. The lowest BCUT2D eigenvalue weighted by Crippen LogP contribution is -2.30. The molecule has 5 nitrogen and oxygen atoms in total. The largest absolute Gasteiger partial charge is 0.481 e. The number of hydrogen-bond donors (Lipinski definition) is 1. The molecule has 4 aromatic rings. The maximum Gasteiger partial charge on any atom is 0.341 e. The first-order chi connectivity index (χ1) is 17.0. The maximum atomic E-state index is 12.9. The Bertz CT molecular complexity index is 1300. The highest BCUT2D eigenvalue weighted by atomic mass is 79.9. The van der Waals surface area contributed by atoms with Crippen LogP contribution in [0.4, 0.5) is 5.00 Å². The van der Waals surface area contributed by atoms with E-state index in [1.54, 1.807) is 13.8 Å². The molecule has 0 aliphatic rings. The fourth-order valence-corrected chi connectivity index (χ4v) is 4.75. The zero-order valence-corrected chi connectivity index (χ0v) is 21.7. The Morgan fingerprint density at radius 2 is 1.54 bits per heavy atom. The highest BCUT2D eigenvalue weighted by Gasteiger charge is 2.25. The number of nitrogens with one attached hydrogen (secondary N) is 1. The van der Waals surface area contributed by atoms with Gasteiger partial charge < -0.3 is 14.8 Å². The molecule has 178 valence electrons. The van der Waals surface area contributed by atoms with Gasteiger partial charge in [0.25, 0.3) is 5.91 Å². The quantitative estimate of drug-likeness (QED) is 0.232. The molecule has 0 fully saturated rings. The van der Waals surface area contributed by atoms with E-state index >= 15 is 0 Å². The average molecular weight is 550 g/mol. The summed E-state index contributed by atoms with van der Waals surface area (Å²) < 4.78 is 12.1. The summed E-state index contributed by atoms with van der Waals surface area (Å²) in [5.74, 6) is -0.251. The third-order valence-corrected chi connectivity index (χ3v) is 6.73. The van der Waals surface area contributed by atoms with Crippen molar-refractivity contribution in [3.8, 4) is 28.0 Å². The monoisotopic (exact) mass is 549 g/mol. The molecule has 35 heavy (non-hydrogen) atoms. The average Bonchev–Trinajstić information content (AvgIpc) is 3.29. The van der Waals surface area contributed by atoms with Gasteiger partial charge in [-0.05, 0) is 54.8 Å². The fourth-order valence-electron chi connectivity index (χ4n) is 3.53. The van der Waals surface area contributed by atoms with Gasteiger partial charge in [0.05, 0.1) is 6.61 Å². The molecule has 1 atom stereocenters. The van der Waals surface area contributed by atoms with Crippen molar-refractivity contribution >= 4 is 44.1 Å². The topological polar surface area (TPSA) is 64.6 Å². The van der Waals surface area contributed by atoms with Crippen molar-refractivity contribution in [3.05, 3.63) is 94.3 Å². The number of thiophene rings is 1. The Labute approximate surface area is 216 Å². The molecule has 0 aliphatic heterocycles. The van der Waals surface area contributed by atoms with Crippen molar-refractivity contribution in [2.75, 3.05) is 11.9 Å². The summed E-state index contributed by atoms with van der Waals surface area (Å²) >= 11 is 4.71. The molecule has 1 amide bonds. The normalized spacial score (nSPS) is 11.5. The lowest BCUT2D eigenvalue weighted by Gasteiger charge is -2.15. The van der Waals surface area contributed by atoms with Crippen molar-refractivity contribution in [1.82, 2.24) is 0 Å². The Balaban J connectivity index is 1.49. The van der Waals surface area contributed by atoms with Gasteiger partial charge in [-0.2, -0.15) is 0 Å². The number of rotatable bonds is 8. The smallest absolute Gasteiger partial charge is 0.341 e. The lowest BCUT2D eigenvalue weighted by molar-refractivity contribution is -0.122. The number of hydrogen-bond acceptors (Lipinski definition) is 5. The van der Waals surface area contributed by atoms with Gasteiger partial charge >= 0.3 is 5.97 Å². The van der Waals surface area contributed by atoms with Gasteiger partial charge in [-0.3, -0.25) is 4.79 Å². The SMILES string of the molecule is CCOC(=O)c1c(-c2ccc(Br)cc2)csc1NC(=O)C(C)Oc1ccc(-c2ccccc2)cc1. The summed E-state index contributed by atoms with van der Waals surface area (Å²) in [5, 5.41) is 5.13. The molecule has 0 bridgehead atoms. The predicted octanol–water partition coefficient (Wildman–Crippen LogP) is 7.43. The van der Waals surface area contributed by atoms with Crippen LogP contribution in [0.25, 0.3) is 22.3 Å². The highest BCUT2D eigenvalue weighted by Crippen LogP contribution is 2.37. The van der Waals surface area contributed by atoms with Crippen LogP contribution in [0.1, 0.15) is 24.2 Å². The van der Waals surface area contributed by atoms with E-state index in [0.717, 1.165) is 21.2 Å². The van der Waals surface area contributed by atoms with E-state index in [4.69, 9.17) is 9.47 Å². The number of amides is 1. The van der Waals surface area contributed by atoms with E-state index in [-0.39, 0.29) is 12.5 Å². The third kappa shape index (κ3) is 5.99. The summed E-state index contributed by atoms with van der Waals surface area (Å²) in [7, 11) is 0. The third-order valence-electron chi connectivity index (χ3n) is 5.31. The number of carbonyl (C=O) groups excluding carboxylic acids is 2. The van der Waals surface area contributed by atoms with Crippen LogP contribution in [0.5, 0.6) is 5.75 Å². The molecule has 1 unspecified atom stereocenters. The zero-order chi connectivity index (χ0) is 24.8. The summed E-state index contributed by atoms with van der Waals surface area (Å²) in [6.45, 7) is 3.66. The summed E-state index contributed by atoms with van der Waals surface area (Å²) in [5.41, 5.74) is 4.08. The van der Waals surface area contributed by atoms with E-state index in [1.807, 2.05) is 84.2 Å². The second kappa shape index (κ2) is 11.3. The van der Waals surface area contributed by atoms with Crippen LogP contribution in [0.3, 0.4) is 0 Å². The Morgan fingerprint density at radius 3 is 2.20 bits per heavy atom. The van der Waals surface area contributed by atoms with Crippen molar-refractivity contribution < 1.29 is 19.1 Å². The maximum absolute atomic E-state index is 12.9. The molecule has 7 heteroatoms. The fraction of sp³-hybridized carbons (Fsp3) is 0.143. The van der Waals surface area contributed by atoms with Crippen LogP contribution in [-0.4, -0.2) is 24.6 Å². The number of carbonyl (C=O) groups is 2. The number of anilines is 1. The predicted molar refractivity (Wildman–Crippen MR) is 144 cm³/mol. The van der Waals surface area contributed by atoms with Crippen LogP contribution in [-0.2, 0) is 9.53 Å². The highest BCUT2D eigenvalue weighted by molar-refractivity contribution is 9.10. The number of halogens is 1. The van der Waals surface area contributed by atoms with Gasteiger partial charge in [0.15, 0.2) is 6.10 Å². The molecule has 1 heterocycles. The Hall–Kier alpha value is -3.42. The molecule has 0 aliphatic carbocycles. The van der Waals surface area contributed by atoms with Crippen molar-refractivity contribution in [3.63, 3.8) is 0 Å². The van der Waals surface area contributed by atoms with Gasteiger partial charge in [-0.15, -0.1) is 11.3 Å². The summed E-state index contributed by atoms with van der Waals surface area (Å²) in [6, 6.07) is 25.2. The summed E-state index contributed by atoms with van der Waals surface area (Å²) in [6.07, 6.45) is -0.772. The van der Waals surface area contributed by atoms with Crippen LogP contribution < -0.4 is 10.1 Å². The molecule has 1 N–H and O–H groups in total. The van der Waals surface area contributed by atoms with E-state index in [9.17, 15) is 9.59 Å². The van der Waals surface area contributed by atoms with Crippen LogP contribution >= 0.6 is 27.3 Å². The van der Waals surface area contributed by atoms with Gasteiger partial charge in [0, 0.05) is 15.4 Å². The standard InChI is InChI=1S/C28H24BrNO4S/c1-3-33-28(32)25-24(21-9-13-22(29)14-10-21)17-35-27(25)30-26(31)18(2)34-23-15-11-20(12-16-23)19-7-5-4-6-8-19/h4-18H,3H2,1-2H3,(H,30,31). The molecule has 3 aromatic carbocycles. The summed E-state index contributed by atoms with van der Waals surface area (Å²) in [4.78, 5) is 25.7. The van der Waals surface area contributed by atoms with Crippen LogP contribution in [0.2, 0.25) is 0 Å². The minimum Gasteiger partial charge on any atom is -0.481 e.